The second-order valence-electron chi connectivity index (χ2n) is 5.44. The zero-order chi connectivity index (χ0) is 17.9. The summed E-state index contributed by atoms with van der Waals surface area (Å²) < 4.78 is 6.84. The smallest absolute Gasteiger partial charge is 0.274 e. The number of hydrogen-bond acceptors (Lipinski definition) is 6. The molecule has 0 aliphatic rings. The lowest BCUT2D eigenvalue weighted by atomic mass is 10.1. The normalized spacial score (nSPS) is 10.7. The number of carbonyl (C=O) groups excluding carboxylic acids is 1. The van der Waals surface area contributed by atoms with Gasteiger partial charge >= 0.3 is 0 Å². The minimum Gasteiger partial charge on any atom is -0.481 e. The number of carbonyl (C=O) groups is 1. The Morgan fingerprint density at radius 3 is 2.81 bits per heavy atom. The SMILES string of the molecule is COc1nc(C(=O)Nc2ccc(-n3cncn3)nc2)cc2ccccc12. The van der Waals surface area contributed by atoms with E-state index in [1.165, 1.54) is 18.1 Å². The van der Waals surface area contributed by atoms with Gasteiger partial charge in [0, 0.05) is 5.39 Å². The van der Waals surface area contributed by atoms with Crippen LogP contribution < -0.4 is 10.1 Å². The van der Waals surface area contributed by atoms with E-state index in [0.717, 1.165) is 10.8 Å². The molecule has 0 atom stereocenters. The zero-order valence-corrected chi connectivity index (χ0v) is 13.8. The van der Waals surface area contributed by atoms with Crippen LogP contribution in [0.4, 0.5) is 5.69 Å². The third kappa shape index (κ3) is 2.95. The van der Waals surface area contributed by atoms with Gasteiger partial charge in [-0.05, 0) is 29.7 Å². The molecule has 0 unspecified atom stereocenters. The Bertz CT molecular complexity index is 1060. The number of pyridine rings is 2. The number of benzene rings is 1. The van der Waals surface area contributed by atoms with Gasteiger partial charge < -0.3 is 10.1 Å². The molecular formula is C18H14N6O2. The van der Waals surface area contributed by atoms with Gasteiger partial charge in [-0.1, -0.05) is 18.2 Å². The Morgan fingerprint density at radius 1 is 1.19 bits per heavy atom. The van der Waals surface area contributed by atoms with Crippen LogP contribution in [-0.4, -0.2) is 37.7 Å². The van der Waals surface area contributed by atoms with E-state index in [9.17, 15) is 4.79 Å². The monoisotopic (exact) mass is 346 g/mol. The molecule has 26 heavy (non-hydrogen) atoms. The second kappa shape index (κ2) is 6.60. The molecule has 4 aromatic rings. The van der Waals surface area contributed by atoms with Crippen molar-refractivity contribution < 1.29 is 9.53 Å². The summed E-state index contributed by atoms with van der Waals surface area (Å²) in [5.74, 6) is 0.670. The Kier molecular flexibility index (Phi) is 3.98. The van der Waals surface area contributed by atoms with E-state index < -0.39 is 0 Å². The molecule has 0 aliphatic heterocycles. The van der Waals surface area contributed by atoms with Gasteiger partial charge in [0.1, 0.15) is 18.3 Å². The highest BCUT2D eigenvalue weighted by Crippen LogP contribution is 2.24. The van der Waals surface area contributed by atoms with Crippen molar-refractivity contribution in [2.24, 2.45) is 0 Å². The van der Waals surface area contributed by atoms with Crippen LogP contribution in [-0.2, 0) is 0 Å². The Labute approximate surface area is 148 Å². The topological polar surface area (TPSA) is 94.8 Å². The summed E-state index contributed by atoms with van der Waals surface area (Å²) in [5, 5.41) is 8.52. The highest BCUT2D eigenvalue weighted by Gasteiger charge is 2.13. The van der Waals surface area contributed by atoms with Crippen LogP contribution in [0.5, 0.6) is 5.88 Å². The molecule has 8 nitrogen and oxygen atoms in total. The van der Waals surface area contributed by atoms with Crippen LogP contribution >= 0.6 is 0 Å². The molecule has 128 valence electrons. The summed E-state index contributed by atoms with van der Waals surface area (Å²) in [6.07, 6.45) is 4.52. The molecule has 0 saturated heterocycles. The van der Waals surface area contributed by atoms with Crippen molar-refractivity contribution in [1.29, 1.82) is 0 Å². The highest BCUT2D eigenvalue weighted by molar-refractivity contribution is 6.05. The van der Waals surface area contributed by atoms with Crippen LogP contribution in [0, 0.1) is 0 Å². The third-order valence-electron chi connectivity index (χ3n) is 3.79. The van der Waals surface area contributed by atoms with E-state index in [-0.39, 0.29) is 11.6 Å². The number of anilines is 1. The fourth-order valence-corrected chi connectivity index (χ4v) is 2.56. The largest absolute Gasteiger partial charge is 0.481 e. The Morgan fingerprint density at radius 2 is 2.08 bits per heavy atom. The number of methoxy groups -OCH3 is 1. The van der Waals surface area contributed by atoms with Crippen molar-refractivity contribution in [3.63, 3.8) is 0 Å². The van der Waals surface area contributed by atoms with Crippen molar-refractivity contribution in [3.8, 4) is 11.7 Å². The van der Waals surface area contributed by atoms with Gasteiger partial charge in [-0.15, -0.1) is 0 Å². The van der Waals surface area contributed by atoms with Crippen LogP contribution in [0.1, 0.15) is 10.5 Å². The maximum absolute atomic E-state index is 12.6. The minimum atomic E-state index is -0.343. The number of rotatable bonds is 4. The molecule has 0 saturated carbocycles. The van der Waals surface area contributed by atoms with Crippen molar-refractivity contribution in [3.05, 3.63) is 67.0 Å². The van der Waals surface area contributed by atoms with Crippen LogP contribution in [0.2, 0.25) is 0 Å². The summed E-state index contributed by atoms with van der Waals surface area (Å²) in [6, 6.07) is 12.8. The Hall–Kier alpha value is -3.81. The second-order valence-corrected chi connectivity index (χ2v) is 5.44. The van der Waals surface area contributed by atoms with Gasteiger partial charge in [-0.2, -0.15) is 5.10 Å². The summed E-state index contributed by atoms with van der Waals surface area (Å²) in [5.41, 5.74) is 0.814. The van der Waals surface area contributed by atoms with Crippen LogP contribution in [0.25, 0.3) is 16.6 Å². The van der Waals surface area contributed by atoms with E-state index in [0.29, 0.717) is 17.4 Å². The summed E-state index contributed by atoms with van der Waals surface area (Å²) in [7, 11) is 1.53. The molecule has 1 N–H and O–H groups in total. The van der Waals surface area contributed by atoms with Crippen molar-refractivity contribution in [2.45, 2.75) is 0 Å². The third-order valence-corrected chi connectivity index (χ3v) is 3.79. The lowest BCUT2D eigenvalue weighted by Crippen LogP contribution is -2.14. The first-order valence-corrected chi connectivity index (χ1v) is 7.81. The van der Waals surface area contributed by atoms with E-state index in [4.69, 9.17) is 4.74 Å². The molecule has 0 fully saturated rings. The average molecular weight is 346 g/mol. The molecule has 0 spiro atoms. The predicted octanol–water partition coefficient (Wildman–Crippen LogP) is 2.47. The standard InChI is InChI=1S/C18H14N6O2/c1-26-18-14-5-3-2-4-12(14)8-15(23-18)17(25)22-13-6-7-16(20-9-13)24-11-19-10-21-24/h2-11H,1H3,(H,22,25). The minimum absolute atomic E-state index is 0.265. The molecule has 0 radical (unpaired) electrons. The van der Waals surface area contributed by atoms with Gasteiger partial charge in [0.15, 0.2) is 5.82 Å². The van der Waals surface area contributed by atoms with Crippen molar-refractivity contribution >= 4 is 22.4 Å². The fraction of sp³-hybridized carbons (Fsp3) is 0.0556. The highest BCUT2D eigenvalue weighted by atomic mass is 16.5. The molecule has 3 heterocycles. The first-order chi connectivity index (χ1) is 12.7. The van der Waals surface area contributed by atoms with Crippen LogP contribution in [0.15, 0.2) is 61.3 Å². The molecule has 0 aliphatic carbocycles. The molecule has 4 rings (SSSR count). The molecular weight excluding hydrogens is 332 g/mol. The van der Waals surface area contributed by atoms with Crippen molar-refractivity contribution in [1.82, 2.24) is 24.7 Å². The van der Waals surface area contributed by atoms with Gasteiger partial charge in [-0.3, -0.25) is 4.79 Å². The molecule has 1 amide bonds. The number of ether oxygens (including phenoxy) is 1. The number of hydrogen-bond donors (Lipinski definition) is 1. The molecule has 1 aromatic carbocycles. The lowest BCUT2D eigenvalue weighted by Gasteiger charge is -2.09. The van der Waals surface area contributed by atoms with Gasteiger partial charge in [0.2, 0.25) is 5.88 Å². The summed E-state index contributed by atoms with van der Waals surface area (Å²) in [4.78, 5) is 25.0. The maximum atomic E-state index is 12.6. The number of amides is 1. The van der Waals surface area contributed by atoms with Gasteiger partial charge in [0.05, 0.1) is 19.0 Å². The molecule has 0 bridgehead atoms. The lowest BCUT2D eigenvalue weighted by molar-refractivity contribution is 0.102. The maximum Gasteiger partial charge on any atom is 0.274 e. The quantitative estimate of drug-likeness (QED) is 0.610. The number of nitrogens with one attached hydrogen (secondary N) is 1. The molecule has 3 aromatic heterocycles. The molecule has 8 heteroatoms. The first-order valence-electron chi connectivity index (χ1n) is 7.81. The van der Waals surface area contributed by atoms with Gasteiger partial charge in [-0.25, -0.2) is 19.6 Å². The fourth-order valence-electron chi connectivity index (χ4n) is 2.56. The van der Waals surface area contributed by atoms with E-state index in [2.05, 4.69) is 25.4 Å². The van der Waals surface area contributed by atoms with E-state index in [1.54, 1.807) is 30.7 Å². The van der Waals surface area contributed by atoms with Crippen molar-refractivity contribution in [2.75, 3.05) is 12.4 Å². The summed E-state index contributed by atoms with van der Waals surface area (Å²) >= 11 is 0. The van der Waals surface area contributed by atoms with E-state index in [1.807, 2.05) is 24.3 Å². The first kappa shape index (κ1) is 15.7. The number of nitrogens with zero attached hydrogens (tertiary/aromatic N) is 5. The summed E-state index contributed by atoms with van der Waals surface area (Å²) in [6.45, 7) is 0. The van der Waals surface area contributed by atoms with Gasteiger partial charge in [0.25, 0.3) is 5.91 Å². The van der Waals surface area contributed by atoms with E-state index >= 15 is 0 Å². The average Bonchev–Trinajstić information content (AvgIpc) is 3.22. The zero-order valence-electron chi connectivity index (χ0n) is 13.8. The van der Waals surface area contributed by atoms with Crippen LogP contribution in [0.3, 0.4) is 0 Å². The number of fused-ring (bicyclic) bond motifs is 1. The number of aromatic nitrogens is 5. The Balaban J connectivity index is 1.59. The predicted molar refractivity (Wildman–Crippen MR) is 95.4 cm³/mol.